The number of rotatable bonds is 2. The predicted molar refractivity (Wildman–Crippen MR) is 70.7 cm³/mol. The molecular formula is C7H14S5. The SMILES string of the molecule is CC(C)CC1SSSC(C)SS1. The Bertz CT molecular complexity index is 127. The van der Waals surface area contributed by atoms with Gasteiger partial charge in [0, 0.05) is 0 Å². The maximum atomic E-state index is 2.30. The summed E-state index contributed by atoms with van der Waals surface area (Å²) >= 11 is 0. The van der Waals surface area contributed by atoms with Gasteiger partial charge < -0.3 is 0 Å². The fraction of sp³-hybridized carbons (Fsp3) is 1.00. The summed E-state index contributed by atoms with van der Waals surface area (Å²) in [7, 11) is 10.1. The molecule has 0 spiro atoms. The molecule has 2 unspecified atom stereocenters. The summed E-state index contributed by atoms with van der Waals surface area (Å²) in [5.41, 5.74) is 0. The Kier molecular flexibility index (Phi) is 6.18. The molecule has 1 aliphatic heterocycles. The lowest BCUT2D eigenvalue weighted by Crippen LogP contribution is -1.98. The quantitative estimate of drug-likeness (QED) is 0.628. The highest BCUT2D eigenvalue weighted by Crippen LogP contribution is 2.56. The molecule has 0 amide bonds. The van der Waals surface area contributed by atoms with Crippen molar-refractivity contribution in [1.82, 2.24) is 0 Å². The van der Waals surface area contributed by atoms with Gasteiger partial charge in [-0.2, -0.15) is 0 Å². The second kappa shape index (κ2) is 6.27. The molecule has 0 aromatic heterocycles. The number of hydrogen-bond donors (Lipinski definition) is 0. The average Bonchev–Trinajstić information content (AvgIpc) is 2.15. The minimum atomic E-state index is 0.740. The third-order valence-corrected chi connectivity index (χ3v) is 10.9. The van der Waals surface area contributed by atoms with Gasteiger partial charge in [0.2, 0.25) is 0 Å². The van der Waals surface area contributed by atoms with E-state index in [1.807, 2.05) is 42.2 Å². The van der Waals surface area contributed by atoms with E-state index < -0.39 is 0 Å². The van der Waals surface area contributed by atoms with Gasteiger partial charge in [0.15, 0.2) is 0 Å². The van der Waals surface area contributed by atoms with Crippen molar-refractivity contribution in [2.45, 2.75) is 36.4 Å². The second-order valence-electron chi connectivity index (χ2n) is 3.08. The molecule has 0 nitrogen and oxygen atoms in total. The summed E-state index contributed by atoms with van der Waals surface area (Å²) in [5.74, 6) is 0.828. The van der Waals surface area contributed by atoms with Gasteiger partial charge >= 0.3 is 0 Å². The average molecular weight is 259 g/mol. The lowest BCUT2D eigenvalue weighted by Gasteiger charge is -2.12. The van der Waals surface area contributed by atoms with Gasteiger partial charge in [-0.05, 0) is 29.1 Å². The summed E-state index contributed by atoms with van der Waals surface area (Å²) in [4.78, 5) is 0. The van der Waals surface area contributed by atoms with Crippen molar-refractivity contribution in [3.63, 3.8) is 0 Å². The zero-order valence-corrected chi connectivity index (χ0v) is 11.6. The molecule has 1 rings (SSSR count). The summed E-state index contributed by atoms with van der Waals surface area (Å²) in [6.45, 7) is 6.89. The molecule has 0 aromatic rings. The van der Waals surface area contributed by atoms with Crippen LogP contribution in [0.25, 0.3) is 0 Å². The van der Waals surface area contributed by atoms with Crippen LogP contribution in [0.1, 0.15) is 27.2 Å². The fourth-order valence-corrected chi connectivity index (χ4v) is 11.6. The minimum absolute atomic E-state index is 0.740. The Balaban J connectivity index is 2.26. The van der Waals surface area contributed by atoms with Gasteiger partial charge in [-0.3, -0.25) is 0 Å². The van der Waals surface area contributed by atoms with Gasteiger partial charge in [0.1, 0.15) is 0 Å². The summed E-state index contributed by atoms with van der Waals surface area (Å²) in [6.07, 6.45) is 1.34. The molecule has 1 fully saturated rings. The third-order valence-electron chi connectivity index (χ3n) is 1.28. The fourth-order valence-electron chi connectivity index (χ4n) is 0.758. The molecule has 1 aliphatic rings. The van der Waals surface area contributed by atoms with Gasteiger partial charge in [-0.1, -0.05) is 57.0 Å². The molecular weight excluding hydrogens is 244 g/mol. The van der Waals surface area contributed by atoms with Crippen molar-refractivity contribution in [2.24, 2.45) is 5.92 Å². The van der Waals surface area contributed by atoms with Gasteiger partial charge in [0.25, 0.3) is 0 Å². The van der Waals surface area contributed by atoms with Crippen molar-refractivity contribution in [3.8, 4) is 0 Å². The molecule has 72 valence electrons. The van der Waals surface area contributed by atoms with Crippen LogP contribution in [0.2, 0.25) is 0 Å². The third kappa shape index (κ3) is 4.84. The standard InChI is InChI=1S/C7H14S5/c1-5(2)4-7-10-8-6(3)9-12-11-7/h5-7H,4H2,1-3H3. The van der Waals surface area contributed by atoms with Gasteiger partial charge in [-0.25, -0.2) is 0 Å². The zero-order chi connectivity index (χ0) is 8.97. The molecule has 0 saturated carbocycles. The summed E-state index contributed by atoms with van der Waals surface area (Å²) < 4.78 is 1.53. The van der Waals surface area contributed by atoms with E-state index in [0.717, 1.165) is 15.1 Å². The first-order chi connectivity index (χ1) is 5.68. The molecule has 1 heterocycles. The van der Waals surface area contributed by atoms with Crippen LogP contribution < -0.4 is 0 Å². The first-order valence-electron chi connectivity index (χ1n) is 3.99. The van der Waals surface area contributed by atoms with Crippen molar-refractivity contribution in [2.75, 3.05) is 0 Å². The summed E-state index contributed by atoms with van der Waals surface area (Å²) in [6, 6.07) is 0. The van der Waals surface area contributed by atoms with Crippen LogP contribution in [-0.2, 0) is 0 Å². The van der Waals surface area contributed by atoms with E-state index in [1.165, 1.54) is 6.42 Å². The van der Waals surface area contributed by atoms with Crippen LogP contribution >= 0.6 is 53.0 Å². The molecule has 12 heavy (non-hydrogen) atoms. The van der Waals surface area contributed by atoms with Crippen LogP contribution in [0.15, 0.2) is 0 Å². The molecule has 0 aliphatic carbocycles. The zero-order valence-electron chi connectivity index (χ0n) is 7.48. The molecule has 1 saturated heterocycles. The van der Waals surface area contributed by atoms with Crippen LogP contribution in [0.4, 0.5) is 0 Å². The highest BCUT2D eigenvalue weighted by molar-refractivity contribution is 9.13. The Morgan fingerprint density at radius 3 is 2.50 bits per heavy atom. The highest BCUT2D eigenvalue weighted by Gasteiger charge is 2.19. The van der Waals surface area contributed by atoms with Crippen LogP contribution in [0, 0.1) is 5.92 Å². The number of hydrogen-bond acceptors (Lipinski definition) is 5. The maximum Gasteiger partial charge on any atom is 0.0720 e. The van der Waals surface area contributed by atoms with E-state index in [2.05, 4.69) is 31.6 Å². The Morgan fingerprint density at radius 1 is 1.08 bits per heavy atom. The van der Waals surface area contributed by atoms with Crippen LogP contribution in [-0.4, -0.2) is 9.16 Å². The maximum absolute atomic E-state index is 2.30. The second-order valence-corrected chi connectivity index (χ2v) is 11.1. The lowest BCUT2D eigenvalue weighted by atomic mass is 10.2. The Morgan fingerprint density at radius 2 is 1.83 bits per heavy atom. The van der Waals surface area contributed by atoms with Crippen molar-refractivity contribution < 1.29 is 0 Å². The van der Waals surface area contributed by atoms with Crippen molar-refractivity contribution >= 4 is 53.0 Å². The molecule has 5 heteroatoms. The van der Waals surface area contributed by atoms with Gasteiger partial charge in [0.05, 0.1) is 9.16 Å². The molecule has 0 aromatic carbocycles. The molecule has 0 N–H and O–H groups in total. The molecule has 2 atom stereocenters. The summed E-state index contributed by atoms with van der Waals surface area (Å²) in [5, 5.41) is 0. The van der Waals surface area contributed by atoms with Crippen molar-refractivity contribution in [1.29, 1.82) is 0 Å². The molecule has 0 bridgehead atoms. The van der Waals surface area contributed by atoms with E-state index in [-0.39, 0.29) is 0 Å². The van der Waals surface area contributed by atoms with E-state index in [9.17, 15) is 0 Å². The lowest BCUT2D eigenvalue weighted by molar-refractivity contribution is 0.621. The monoisotopic (exact) mass is 258 g/mol. The van der Waals surface area contributed by atoms with E-state index in [1.54, 1.807) is 0 Å². The Hall–Kier alpha value is 1.75. The van der Waals surface area contributed by atoms with Crippen LogP contribution in [0.3, 0.4) is 0 Å². The molecule has 0 radical (unpaired) electrons. The largest absolute Gasteiger partial charge is 0.0779 e. The topological polar surface area (TPSA) is 0 Å². The van der Waals surface area contributed by atoms with E-state index in [4.69, 9.17) is 0 Å². The van der Waals surface area contributed by atoms with Crippen molar-refractivity contribution in [3.05, 3.63) is 0 Å². The predicted octanol–water partition coefficient (Wildman–Crippen LogP) is 5.13. The van der Waals surface area contributed by atoms with Crippen LogP contribution in [0.5, 0.6) is 0 Å². The van der Waals surface area contributed by atoms with E-state index >= 15 is 0 Å². The Labute approximate surface area is 94.7 Å². The first kappa shape index (κ1) is 11.8. The minimum Gasteiger partial charge on any atom is -0.0779 e. The highest BCUT2D eigenvalue weighted by atomic mass is 33.5. The first-order valence-corrected chi connectivity index (χ1v) is 9.88. The van der Waals surface area contributed by atoms with E-state index in [0.29, 0.717) is 0 Å². The normalized spacial score (nSPS) is 32.0. The smallest absolute Gasteiger partial charge is 0.0720 e. The van der Waals surface area contributed by atoms with Gasteiger partial charge in [-0.15, -0.1) is 0 Å².